The number of benzene rings is 3. The van der Waals surface area contributed by atoms with Crippen LogP contribution in [0, 0.1) is 5.92 Å². The highest BCUT2D eigenvalue weighted by Crippen LogP contribution is 2.37. The summed E-state index contributed by atoms with van der Waals surface area (Å²) in [7, 11) is 0. The highest BCUT2D eigenvalue weighted by molar-refractivity contribution is 7.98. The summed E-state index contributed by atoms with van der Waals surface area (Å²) in [6.45, 7) is 4.90. The molecule has 0 saturated carbocycles. The molecule has 3 heterocycles. The molecule has 2 aromatic heterocycles. The van der Waals surface area contributed by atoms with E-state index in [-0.39, 0.29) is 11.7 Å². The van der Waals surface area contributed by atoms with Crippen LogP contribution in [0.5, 0.6) is 0 Å². The Bertz CT molecular complexity index is 1580. The fourth-order valence-electron chi connectivity index (χ4n) is 4.80. The zero-order valence-corrected chi connectivity index (χ0v) is 21.4. The number of ether oxygens (including phenoxy) is 1. The van der Waals surface area contributed by atoms with Crippen molar-refractivity contribution in [3.63, 3.8) is 0 Å². The van der Waals surface area contributed by atoms with Gasteiger partial charge in [-0.3, -0.25) is 9.36 Å². The van der Waals surface area contributed by atoms with Gasteiger partial charge in [0.05, 0.1) is 23.8 Å². The van der Waals surface area contributed by atoms with Crippen molar-refractivity contribution in [1.82, 2.24) is 9.55 Å². The summed E-state index contributed by atoms with van der Waals surface area (Å²) in [5.41, 5.74) is 3.23. The second-order valence-electron chi connectivity index (χ2n) is 9.28. The third-order valence-electron chi connectivity index (χ3n) is 6.71. The molecular formula is C29H26N2O2S2. The maximum atomic E-state index is 14.1. The molecular weight excluding hydrogens is 472 g/mol. The van der Waals surface area contributed by atoms with Crippen molar-refractivity contribution in [2.24, 2.45) is 5.92 Å². The van der Waals surface area contributed by atoms with Gasteiger partial charge < -0.3 is 4.74 Å². The fraction of sp³-hybridized carbons (Fsp3) is 0.241. The minimum absolute atomic E-state index is 0.0172. The minimum Gasteiger partial charge on any atom is -0.372 e. The number of thioether (sulfide) groups is 1. The van der Waals surface area contributed by atoms with Crippen LogP contribution in [0.1, 0.15) is 29.9 Å². The molecule has 1 unspecified atom stereocenters. The van der Waals surface area contributed by atoms with E-state index in [4.69, 9.17) is 9.72 Å². The smallest absolute Gasteiger partial charge is 0.267 e. The molecule has 1 aliphatic rings. The van der Waals surface area contributed by atoms with Crippen molar-refractivity contribution < 1.29 is 4.74 Å². The molecule has 0 amide bonds. The van der Waals surface area contributed by atoms with E-state index in [0.29, 0.717) is 12.5 Å². The lowest BCUT2D eigenvalue weighted by molar-refractivity contribution is 0.00200. The molecule has 0 fully saturated rings. The van der Waals surface area contributed by atoms with E-state index in [0.717, 1.165) is 43.7 Å². The van der Waals surface area contributed by atoms with Crippen LogP contribution < -0.4 is 5.56 Å². The molecule has 0 aliphatic carbocycles. The largest absolute Gasteiger partial charge is 0.372 e. The Morgan fingerprint density at radius 2 is 1.83 bits per heavy atom. The van der Waals surface area contributed by atoms with Crippen LogP contribution in [-0.2, 0) is 23.5 Å². The molecule has 5 aromatic rings. The van der Waals surface area contributed by atoms with Crippen molar-refractivity contribution in [2.75, 3.05) is 0 Å². The third kappa shape index (κ3) is 4.10. The van der Waals surface area contributed by atoms with Crippen molar-refractivity contribution >= 4 is 44.1 Å². The van der Waals surface area contributed by atoms with E-state index in [9.17, 15) is 4.79 Å². The van der Waals surface area contributed by atoms with Gasteiger partial charge in [-0.05, 0) is 39.9 Å². The molecule has 4 nitrogen and oxygen atoms in total. The highest BCUT2D eigenvalue weighted by atomic mass is 32.2. The summed E-state index contributed by atoms with van der Waals surface area (Å²) in [6, 6.07) is 24.7. The zero-order valence-electron chi connectivity index (χ0n) is 19.7. The number of para-hydroxylation sites is 1. The van der Waals surface area contributed by atoms with Crippen LogP contribution in [-0.4, -0.2) is 15.7 Å². The van der Waals surface area contributed by atoms with Gasteiger partial charge in [-0.25, -0.2) is 4.98 Å². The van der Waals surface area contributed by atoms with E-state index >= 15 is 0 Å². The Kier molecular flexibility index (Phi) is 5.96. The summed E-state index contributed by atoms with van der Waals surface area (Å²) in [5.74, 6) is 1.13. The number of fused-ring (bicyclic) bond motifs is 4. The lowest BCUT2D eigenvalue weighted by Gasteiger charge is -2.26. The van der Waals surface area contributed by atoms with E-state index in [1.807, 2.05) is 30.3 Å². The second kappa shape index (κ2) is 9.26. The number of hydrogen-bond acceptors (Lipinski definition) is 5. The number of aromatic nitrogens is 2. The van der Waals surface area contributed by atoms with Gasteiger partial charge in [0, 0.05) is 17.1 Å². The van der Waals surface area contributed by atoms with Crippen molar-refractivity contribution in [3.8, 4) is 5.69 Å². The Morgan fingerprint density at radius 1 is 1.06 bits per heavy atom. The van der Waals surface area contributed by atoms with Crippen molar-refractivity contribution in [1.29, 1.82) is 0 Å². The van der Waals surface area contributed by atoms with E-state index in [1.54, 1.807) is 27.7 Å². The van der Waals surface area contributed by atoms with Crippen LogP contribution in [0.4, 0.5) is 0 Å². The molecule has 0 spiro atoms. The first-order valence-corrected chi connectivity index (χ1v) is 13.7. The van der Waals surface area contributed by atoms with Gasteiger partial charge in [0.15, 0.2) is 5.16 Å². The van der Waals surface area contributed by atoms with Gasteiger partial charge in [-0.2, -0.15) is 0 Å². The van der Waals surface area contributed by atoms with Gasteiger partial charge in [0.25, 0.3) is 5.56 Å². The van der Waals surface area contributed by atoms with Crippen LogP contribution >= 0.6 is 23.1 Å². The SMILES string of the molecule is CC(C)C1Cc2c(sc3nc(SCc4cccc5ccccc45)n(-c4ccccc4)c(=O)c23)CO1. The number of rotatable bonds is 5. The van der Waals surface area contributed by atoms with E-state index in [1.165, 1.54) is 16.3 Å². The van der Waals surface area contributed by atoms with Crippen LogP contribution in [0.2, 0.25) is 0 Å². The zero-order chi connectivity index (χ0) is 23.9. The van der Waals surface area contributed by atoms with Gasteiger partial charge >= 0.3 is 0 Å². The molecule has 0 bridgehead atoms. The summed E-state index contributed by atoms with van der Waals surface area (Å²) in [5, 5.41) is 3.94. The normalized spacial score (nSPS) is 15.7. The van der Waals surface area contributed by atoms with Gasteiger partial charge in [-0.15, -0.1) is 11.3 Å². The Hall–Kier alpha value is -2.93. The van der Waals surface area contributed by atoms with Gasteiger partial charge in [-0.1, -0.05) is 86.3 Å². The molecule has 6 rings (SSSR count). The lowest BCUT2D eigenvalue weighted by Crippen LogP contribution is -2.28. The minimum atomic E-state index is 0.0172. The Balaban J connectivity index is 1.48. The topological polar surface area (TPSA) is 44.1 Å². The van der Waals surface area contributed by atoms with E-state index in [2.05, 4.69) is 56.3 Å². The average molecular weight is 499 g/mol. The molecule has 0 radical (unpaired) electrons. The molecule has 6 heteroatoms. The molecule has 1 aliphatic heterocycles. The first-order valence-electron chi connectivity index (χ1n) is 11.9. The molecule has 0 N–H and O–H groups in total. The highest BCUT2D eigenvalue weighted by Gasteiger charge is 2.28. The predicted molar refractivity (Wildman–Crippen MR) is 146 cm³/mol. The fourth-order valence-corrected chi connectivity index (χ4v) is 6.98. The first kappa shape index (κ1) is 22.5. The molecule has 1 atom stereocenters. The standard InChI is InChI=1S/C29H26N2O2S2/c1-18(2)24-15-23-25(16-33-24)35-27-26(23)28(32)31(21-12-4-3-5-13-21)29(30-27)34-17-20-11-8-10-19-9-6-7-14-22(19)20/h3-14,18,24H,15-17H2,1-2H3. The Labute approximate surface area is 212 Å². The number of hydrogen-bond donors (Lipinski definition) is 0. The number of thiophene rings is 1. The summed E-state index contributed by atoms with van der Waals surface area (Å²) in [6.07, 6.45) is 0.895. The maximum absolute atomic E-state index is 14.1. The summed E-state index contributed by atoms with van der Waals surface area (Å²) < 4.78 is 7.89. The monoisotopic (exact) mass is 498 g/mol. The second-order valence-corrected chi connectivity index (χ2v) is 11.3. The summed E-state index contributed by atoms with van der Waals surface area (Å²) >= 11 is 3.22. The van der Waals surface area contributed by atoms with Crippen LogP contribution in [0.15, 0.2) is 82.7 Å². The predicted octanol–water partition coefficient (Wildman–Crippen LogP) is 6.99. The van der Waals surface area contributed by atoms with Crippen molar-refractivity contribution in [2.45, 2.75) is 43.9 Å². The van der Waals surface area contributed by atoms with E-state index < -0.39 is 0 Å². The lowest BCUT2D eigenvalue weighted by atomic mass is 9.96. The Morgan fingerprint density at radius 3 is 2.66 bits per heavy atom. The maximum Gasteiger partial charge on any atom is 0.267 e. The van der Waals surface area contributed by atoms with Gasteiger partial charge in [0.1, 0.15) is 4.83 Å². The first-order chi connectivity index (χ1) is 17.1. The molecule has 0 saturated heterocycles. The van der Waals surface area contributed by atoms with Gasteiger partial charge in [0.2, 0.25) is 0 Å². The quantitative estimate of drug-likeness (QED) is 0.193. The van der Waals surface area contributed by atoms with Crippen LogP contribution in [0.3, 0.4) is 0 Å². The van der Waals surface area contributed by atoms with Crippen molar-refractivity contribution in [3.05, 3.63) is 99.2 Å². The number of nitrogens with zero attached hydrogens (tertiary/aromatic N) is 2. The molecule has 3 aromatic carbocycles. The molecule has 176 valence electrons. The summed E-state index contributed by atoms with van der Waals surface area (Å²) in [4.78, 5) is 21.1. The average Bonchev–Trinajstić information content (AvgIpc) is 3.26. The molecule has 35 heavy (non-hydrogen) atoms. The third-order valence-corrected chi connectivity index (χ3v) is 8.79. The van der Waals surface area contributed by atoms with Crippen LogP contribution in [0.25, 0.3) is 26.7 Å².